The monoisotopic (exact) mass is 786 g/mol. The largest absolute Gasteiger partial charge is 0.464 e. The van der Waals surface area contributed by atoms with Crippen molar-refractivity contribution in [2.24, 2.45) is 0 Å². The lowest BCUT2D eigenvalue weighted by atomic mass is 10.0. The third-order valence-electron chi connectivity index (χ3n) is 9.66. The van der Waals surface area contributed by atoms with Gasteiger partial charge in [0.15, 0.2) is 11.6 Å². The molecule has 2 N–H and O–H groups in total. The lowest BCUT2D eigenvalue weighted by Crippen LogP contribution is -2.27. The van der Waals surface area contributed by atoms with Crippen LogP contribution in [0.15, 0.2) is 128 Å². The highest BCUT2D eigenvalue weighted by Crippen LogP contribution is 2.44. The van der Waals surface area contributed by atoms with Crippen LogP contribution in [0.25, 0.3) is 68.1 Å². The van der Waals surface area contributed by atoms with Crippen molar-refractivity contribution in [1.82, 2.24) is 38.9 Å². The van der Waals surface area contributed by atoms with E-state index in [0.717, 1.165) is 50.6 Å². The average molecular weight is 787 g/mol. The number of benzene rings is 3. The average Bonchev–Trinajstić information content (AvgIpc) is 4.05. The number of hydrogen-bond donors (Lipinski definition) is 2. The van der Waals surface area contributed by atoms with Gasteiger partial charge < -0.3 is 24.2 Å². The first kappa shape index (κ1) is 37.2. The van der Waals surface area contributed by atoms with E-state index >= 15 is 0 Å². The first-order chi connectivity index (χ1) is 28.3. The minimum Gasteiger partial charge on any atom is -0.464 e. The van der Waals surface area contributed by atoms with Crippen molar-refractivity contribution in [3.8, 4) is 73.8 Å². The Morgan fingerprint density at radius 1 is 0.627 bits per heavy atom. The fourth-order valence-corrected chi connectivity index (χ4v) is 7.02. The quantitative estimate of drug-likeness (QED) is 0.169. The Balaban J connectivity index is 1.00. The van der Waals surface area contributed by atoms with Gasteiger partial charge in [-0.25, -0.2) is 33.4 Å². The van der Waals surface area contributed by atoms with Crippen molar-refractivity contribution >= 4 is 12.2 Å². The number of nitrogens with zero attached hydrogens (tertiary/aromatic N) is 6. The van der Waals surface area contributed by atoms with Gasteiger partial charge in [0.2, 0.25) is 6.23 Å². The van der Waals surface area contributed by atoms with E-state index in [9.17, 15) is 9.59 Å². The standard InChI is InChI=1S/C46H42N8O5/c1-45(2,3)58-43(55)52-22-10-14-36(52)40-47-26-34(49-40)29-18-16-28(17-19-29)33-25-38-32-21-20-31(24-39(32)57-42(54(38)51-33)30-12-8-7-9-13-30)35-27-48-41(50-35)37-15-11-23-53(37)44(56)59-46(4,5)6/h7-27,42H,1-6H3,(H,47,49)(H,48,50)/t42-/m0/s1. The van der Waals surface area contributed by atoms with E-state index in [-0.39, 0.29) is 0 Å². The van der Waals surface area contributed by atoms with Crippen molar-refractivity contribution in [3.63, 3.8) is 0 Å². The summed E-state index contributed by atoms with van der Waals surface area (Å²) in [5, 5.41) is 5.10. The number of aromatic nitrogens is 8. The van der Waals surface area contributed by atoms with Gasteiger partial charge in [-0.15, -0.1) is 0 Å². The van der Waals surface area contributed by atoms with E-state index in [2.05, 4.69) is 26.0 Å². The summed E-state index contributed by atoms with van der Waals surface area (Å²) < 4.78 is 22.8. The van der Waals surface area contributed by atoms with Crippen LogP contribution in [0.5, 0.6) is 5.75 Å². The Hall–Kier alpha value is -7.41. The number of rotatable bonds is 6. The van der Waals surface area contributed by atoms with Crippen molar-refractivity contribution in [1.29, 1.82) is 0 Å². The summed E-state index contributed by atoms with van der Waals surface area (Å²) in [7, 11) is 0. The molecule has 3 aromatic carbocycles. The number of carbonyl (C=O) groups excluding carboxylic acids is 2. The molecule has 1 atom stereocenters. The highest BCUT2D eigenvalue weighted by atomic mass is 16.6. The first-order valence-electron chi connectivity index (χ1n) is 19.3. The molecule has 296 valence electrons. The summed E-state index contributed by atoms with van der Waals surface area (Å²) in [4.78, 5) is 41.7. The second-order valence-corrected chi connectivity index (χ2v) is 16.3. The maximum Gasteiger partial charge on any atom is 0.419 e. The number of H-pyrrole nitrogens is 2. The zero-order valence-corrected chi connectivity index (χ0v) is 33.4. The van der Waals surface area contributed by atoms with Crippen LogP contribution < -0.4 is 4.74 Å². The van der Waals surface area contributed by atoms with Gasteiger partial charge in [0, 0.05) is 34.6 Å². The highest BCUT2D eigenvalue weighted by molar-refractivity contribution is 5.81. The van der Waals surface area contributed by atoms with E-state index in [1.807, 2.05) is 131 Å². The van der Waals surface area contributed by atoms with Crippen LogP contribution >= 0.6 is 0 Å². The fourth-order valence-electron chi connectivity index (χ4n) is 7.02. The van der Waals surface area contributed by atoms with Gasteiger partial charge in [0.25, 0.3) is 0 Å². The Bertz CT molecular complexity index is 2830. The number of ether oxygens (including phenoxy) is 3. The molecule has 1 aliphatic heterocycles. The third kappa shape index (κ3) is 7.34. The number of imidazole rings is 2. The van der Waals surface area contributed by atoms with Crippen molar-refractivity contribution < 1.29 is 23.8 Å². The molecular formula is C46H42N8O5. The molecule has 0 unspecified atom stereocenters. The predicted molar refractivity (Wildman–Crippen MR) is 224 cm³/mol. The molecule has 5 aromatic heterocycles. The van der Waals surface area contributed by atoms with Crippen LogP contribution in [0.1, 0.15) is 53.3 Å². The molecule has 0 aliphatic carbocycles. The van der Waals surface area contributed by atoms with E-state index in [0.29, 0.717) is 28.8 Å². The molecule has 9 rings (SSSR count). The number of carbonyl (C=O) groups is 2. The topological polar surface area (TPSA) is 147 Å². The Morgan fingerprint density at radius 3 is 1.75 bits per heavy atom. The zero-order valence-electron chi connectivity index (χ0n) is 33.4. The third-order valence-corrected chi connectivity index (χ3v) is 9.66. The summed E-state index contributed by atoms with van der Waals surface area (Å²) in [5.74, 6) is 1.79. The van der Waals surface area contributed by atoms with Crippen LogP contribution in [0.3, 0.4) is 0 Å². The van der Waals surface area contributed by atoms with Crippen LogP contribution in [0.4, 0.5) is 9.59 Å². The summed E-state index contributed by atoms with van der Waals surface area (Å²) >= 11 is 0. The molecule has 13 heteroatoms. The summed E-state index contributed by atoms with van der Waals surface area (Å²) in [6, 6.07) is 33.5. The molecule has 0 saturated heterocycles. The molecule has 13 nitrogen and oxygen atoms in total. The number of nitrogens with one attached hydrogen (secondary N) is 2. The van der Waals surface area contributed by atoms with E-state index < -0.39 is 29.6 Å². The SMILES string of the molecule is CC(C)(C)OC(=O)n1cccc1-c1ncc(-c2ccc(-c3cc4n(n3)[C@H](c3ccccc3)Oc3cc(-c5cnc(-c6cccn6C(=O)OC(C)(C)C)[nH]5)ccc3-4)cc2)[nH]1. The lowest BCUT2D eigenvalue weighted by Gasteiger charge is -2.28. The van der Waals surface area contributed by atoms with Gasteiger partial charge >= 0.3 is 12.2 Å². The maximum atomic E-state index is 12.9. The molecule has 0 saturated carbocycles. The summed E-state index contributed by atoms with van der Waals surface area (Å²) in [6.07, 6.45) is 5.37. The maximum absolute atomic E-state index is 12.9. The Kier molecular flexibility index (Phi) is 8.95. The molecule has 0 spiro atoms. The molecule has 8 aromatic rings. The number of fused-ring (bicyclic) bond motifs is 3. The summed E-state index contributed by atoms with van der Waals surface area (Å²) in [5.41, 5.74) is 7.78. The minimum atomic E-state index is -0.637. The van der Waals surface area contributed by atoms with Crippen LogP contribution in [0.2, 0.25) is 0 Å². The van der Waals surface area contributed by atoms with E-state index in [4.69, 9.17) is 19.3 Å². The van der Waals surface area contributed by atoms with Crippen LogP contribution in [0, 0.1) is 0 Å². The van der Waals surface area contributed by atoms with Gasteiger partial charge in [-0.05, 0) is 89.6 Å². The molecular weight excluding hydrogens is 745 g/mol. The predicted octanol–water partition coefficient (Wildman–Crippen LogP) is 10.4. The number of aromatic amines is 2. The van der Waals surface area contributed by atoms with Crippen molar-refractivity contribution in [2.75, 3.05) is 0 Å². The van der Waals surface area contributed by atoms with Crippen molar-refractivity contribution in [3.05, 3.63) is 133 Å². The van der Waals surface area contributed by atoms with Gasteiger partial charge in [0.1, 0.15) is 17.0 Å². The smallest absolute Gasteiger partial charge is 0.419 e. The molecule has 1 aliphatic rings. The Morgan fingerprint density at radius 2 is 1.17 bits per heavy atom. The van der Waals surface area contributed by atoms with E-state index in [1.165, 1.54) is 9.13 Å². The molecule has 59 heavy (non-hydrogen) atoms. The molecule has 0 radical (unpaired) electrons. The molecule has 6 heterocycles. The van der Waals surface area contributed by atoms with Gasteiger partial charge in [0.05, 0.1) is 46.6 Å². The fraction of sp³-hybridized carbons (Fsp3) is 0.196. The Labute approximate surface area is 340 Å². The van der Waals surface area contributed by atoms with Gasteiger partial charge in [-0.3, -0.25) is 0 Å². The van der Waals surface area contributed by atoms with E-state index in [1.54, 1.807) is 36.9 Å². The van der Waals surface area contributed by atoms with Crippen LogP contribution in [-0.4, -0.2) is 62.2 Å². The van der Waals surface area contributed by atoms with Crippen LogP contribution in [-0.2, 0) is 9.47 Å². The highest BCUT2D eigenvalue weighted by Gasteiger charge is 2.30. The summed E-state index contributed by atoms with van der Waals surface area (Å²) in [6.45, 7) is 11.0. The van der Waals surface area contributed by atoms with Gasteiger partial charge in [-0.2, -0.15) is 5.10 Å². The second kappa shape index (κ2) is 14.2. The lowest BCUT2D eigenvalue weighted by molar-refractivity contribution is 0.0528. The normalized spacial score (nSPS) is 13.7. The minimum absolute atomic E-state index is 0.470. The molecule has 0 amide bonds. The van der Waals surface area contributed by atoms with Gasteiger partial charge in [-0.1, -0.05) is 60.7 Å². The molecule has 0 fully saturated rings. The zero-order chi connectivity index (χ0) is 41.1. The second-order valence-electron chi connectivity index (χ2n) is 16.3. The number of hydrogen-bond acceptors (Lipinski definition) is 8. The van der Waals surface area contributed by atoms with Crippen molar-refractivity contribution in [2.45, 2.75) is 59.0 Å². The molecule has 0 bridgehead atoms. The first-order valence-corrected chi connectivity index (χ1v) is 19.3.